The number of nitrogens with zero attached hydrogens (tertiary/aromatic N) is 1. The maximum Gasteiger partial charge on any atom is 0.243 e. The topological polar surface area (TPSA) is 67.9 Å². The number of nitrogens with one attached hydrogen (secondary N) is 1. The highest BCUT2D eigenvalue weighted by molar-refractivity contribution is 5.88. The first-order valence-corrected chi connectivity index (χ1v) is 10.3. The second kappa shape index (κ2) is 9.65. The Morgan fingerprint density at radius 1 is 1.07 bits per heavy atom. The minimum absolute atomic E-state index is 0.0164. The predicted octanol–water partition coefficient (Wildman–Crippen LogP) is 3.32. The standard InChI is InChI=1S/C24H30N2O4/c1-16(2)9-23(27)26-15-19-8-6-5-7-18(19)12-22(26)24(28)25-14-17-10-20(29-3)13-21(11-17)30-4/h5-8,10-11,13,16,22H,9,12,14-15H2,1-4H3,(H,25,28). The lowest BCUT2D eigenvalue weighted by molar-refractivity contribution is -0.142. The van der Waals surface area contributed by atoms with E-state index >= 15 is 0 Å². The van der Waals surface area contributed by atoms with E-state index in [1.165, 1.54) is 0 Å². The van der Waals surface area contributed by atoms with Gasteiger partial charge in [-0.1, -0.05) is 38.1 Å². The molecule has 1 heterocycles. The van der Waals surface area contributed by atoms with Gasteiger partial charge in [-0.25, -0.2) is 0 Å². The van der Waals surface area contributed by atoms with Crippen LogP contribution in [-0.4, -0.2) is 37.0 Å². The zero-order valence-electron chi connectivity index (χ0n) is 18.1. The highest BCUT2D eigenvalue weighted by Crippen LogP contribution is 2.26. The second-order valence-corrected chi connectivity index (χ2v) is 8.05. The third-order valence-electron chi connectivity index (χ3n) is 5.33. The number of benzene rings is 2. The summed E-state index contributed by atoms with van der Waals surface area (Å²) in [5.41, 5.74) is 3.10. The number of rotatable bonds is 7. The summed E-state index contributed by atoms with van der Waals surface area (Å²) in [6.45, 7) is 4.83. The summed E-state index contributed by atoms with van der Waals surface area (Å²) in [6.07, 6.45) is 0.951. The van der Waals surface area contributed by atoms with Crippen LogP contribution in [0.3, 0.4) is 0 Å². The van der Waals surface area contributed by atoms with Crippen LogP contribution < -0.4 is 14.8 Å². The highest BCUT2D eigenvalue weighted by atomic mass is 16.5. The summed E-state index contributed by atoms with van der Waals surface area (Å²) in [6, 6.07) is 13.0. The largest absolute Gasteiger partial charge is 0.497 e. The molecule has 3 rings (SSSR count). The Morgan fingerprint density at radius 3 is 2.30 bits per heavy atom. The number of methoxy groups -OCH3 is 2. The molecule has 0 aromatic heterocycles. The smallest absolute Gasteiger partial charge is 0.243 e. The molecule has 1 atom stereocenters. The van der Waals surface area contributed by atoms with Crippen LogP contribution in [0.25, 0.3) is 0 Å². The summed E-state index contributed by atoms with van der Waals surface area (Å²) in [5, 5.41) is 3.00. The molecule has 2 amide bonds. The molecule has 1 N–H and O–H groups in total. The first-order valence-electron chi connectivity index (χ1n) is 10.3. The number of carbonyl (C=O) groups is 2. The fourth-order valence-corrected chi connectivity index (χ4v) is 3.76. The van der Waals surface area contributed by atoms with Gasteiger partial charge in [0.25, 0.3) is 0 Å². The van der Waals surface area contributed by atoms with Gasteiger partial charge in [0.15, 0.2) is 0 Å². The molecular formula is C24H30N2O4. The van der Waals surface area contributed by atoms with Gasteiger partial charge in [-0.05, 0) is 34.7 Å². The van der Waals surface area contributed by atoms with Crippen LogP contribution in [-0.2, 0) is 29.1 Å². The number of hydrogen-bond acceptors (Lipinski definition) is 4. The molecule has 6 heteroatoms. The third kappa shape index (κ3) is 5.12. The summed E-state index contributed by atoms with van der Waals surface area (Å²) in [4.78, 5) is 27.7. The van der Waals surface area contributed by atoms with Crippen molar-refractivity contribution in [1.82, 2.24) is 10.2 Å². The van der Waals surface area contributed by atoms with Crippen LogP contribution in [0.4, 0.5) is 0 Å². The van der Waals surface area contributed by atoms with E-state index in [-0.39, 0.29) is 17.7 Å². The molecule has 1 aliphatic heterocycles. The Hall–Kier alpha value is -3.02. The van der Waals surface area contributed by atoms with E-state index in [1.807, 2.05) is 50.2 Å². The van der Waals surface area contributed by atoms with Crippen molar-refractivity contribution in [3.8, 4) is 11.5 Å². The van der Waals surface area contributed by atoms with Crippen molar-refractivity contribution in [2.75, 3.05) is 14.2 Å². The molecule has 1 unspecified atom stereocenters. The van der Waals surface area contributed by atoms with Crippen LogP contribution in [0.2, 0.25) is 0 Å². The predicted molar refractivity (Wildman–Crippen MR) is 115 cm³/mol. The number of ether oxygens (including phenoxy) is 2. The summed E-state index contributed by atoms with van der Waals surface area (Å²) < 4.78 is 10.6. The average Bonchev–Trinajstić information content (AvgIpc) is 2.75. The molecule has 0 saturated carbocycles. The van der Waals surface area contributed by atoms with Crippen molar-refractivity contribution in [1.29, 1.82) is 0 Å². The van der Waals surface area contributed by atoms with Gasteiger partial charge in [0.1, 0.15) is 17.5 Å². The van der Waals surface area contributed by atoms with Crippen molar-refractivity contribution in [2.24, 2.45) is 5.92 Å². The van der Waals surface area contributed by atoms with Crippen molar-refractivity contribution in [3.63, 3.8) is 0 Å². The van der Waals surface area contributed by atoms with Gasteiger partial charge in [-0.2, -0.15) is 0 Å². The monoisotopic (exact) mass is 410 g/mol. The van der Waals surface area contributed by atoms with Crippen LogP contribution in [0, 0.1) is 5.92 Å². The van der Waals surface area contributed by atoms with Crippen molar-refractivity contribution in [3.05, 3.63) is 59.2 Å². The highest BCUT2D eigenvalue weighted by Gasteiger charge is 2.34. The fourth-order valence-electron chi connectivity index (χ4n) is 3.76. The Kier molecular flexibility index (Phi) is 6.98. The van der Waals surface area contributed by atoms with Crippen LogP contribution in [0.5, 0.6) is 11.5 Å². The fraction of sp³-hybridized carbons (Fsp3) is 0.417. The number of amides is 2. The van der Waals surface area contributed by atoms with Crippen LogP contribution in [0.1, 0.15) is 37.0 Å². The molecule has 0 saturated heterocycles. The Balaban J connectivity index is 1.77. The van der Waals surface area contributed by atoms with Crippen molar-refractivity contribution >= 4 is 11.8 Å². The van der Waals surface area contributed by atoms with Gasteiger partial charge in [-0.3, -0.25) is 9.59 Å². The summed E-state index contributed by atoms with van der Waals surface area (Å²) in [7, 11) is 3.18. The molecule has 0 spiro atoms. The van der Waals surface area contributed by atoms with Gasteiger partial charge >= 0.3 is 0 Å². The second-order valence-electron chi connectivity index (χ2n) is 8.05. The van der Waals surface area contributed by atoms with E-state index in [9.17, 15) is 9.59 Å². The van der Waals surface area contributed by atoms with Gasteiger partial charge in [0, 0.05) is 32.0 Å². The number of hydrogen-bond donors (Lipinski definition) is 1. The lowest BCUT2D eigenvalue weighted by Crippen LogP contribution is -2.52. The van der Waals surface area contributed by atoms with Gasteiger partial charge < -0.3 is 19.7 Å². The molecule has 1 aliphatic rings. The van der Waals surface area contributed by atoms with Gasteiger partial charge in [0.05, 0.1) is 14.2 Å². The van der Waals surface area contributed by atoms with E-state index in [2.05, 4.69) is 5.32 Å². The summed E-state index contributed by atoms with van der Waals surface area (Å²) >= 11 is 0. The summed E-state index contributed by atoms with van der Waals surface area (Å²) in [5.74, 6) is 1.44. The zero-order chi connectivity index (χ0) is 21.7. The van der Waals surface area contributed by atoms with E-state index in [0.29, 0.717) is 37.4 Å². The molecule has 0 radical (unpaired) electrons. The van der Waals surface area contributed by atoms with E-state index < -0.39 is 6.04 Å². The van der Waals surface area contributed by atoms with Gasteiger partial charge in [0.2, 0.25) is 11.8 Å². The molecule has 0 fully saturated rings. The van der Waals surface area contributed by atoms with Gasteiger partial charge in [-0.15, -0.1) is 0 Å². The molecule has 0 aliphatic carbocycles. The quantitative estimate of drug-likeness (QED) is 0.760. The molecule has 0 bridgehead atoms. The van der Waals surface area contributed by atoms with Crippen LogP contribution >= 0.6 is 0 Å². The maximum atomic E-state index is 13.1. The molecule has 6 nitrogen and oxygen atoms in total. The Morgan fingerprint density at radius 2 is 1.70 bits per heavy atom. The third-order valence-corrected chi connectivity index (χ3v) is 5.33. The lowest BCUT2D eigenvalue weighted by atomic mass is 9.92. The van der Waals surface area contributed by atoms with Crippen LogP contribution in [0.15, 0.2) is 42.5 Å². The minimum Gasteiger partial charge on any atom is -0.497 e. The SMILES string of the molecule is COc1cc(CNC(=O)C2Cc3ccccc3CN2C(=O)CC(C)C)cc(OC)c1. The van der Waals surface area contributed by atoms with E-state index in [1.54, 1.807) is 25.2 Å². The molecular weight excluding hydrogens is 380 g/mol. The number of fused-ring (bicyclic) bond motifs is 1. The normalized spacial score (nSPS) is 15.5. The minimum atomic E-state index is -0.515. The van der Waals surface area contributed by atoms with E-state index in [0.717, 1.165) is 16.7 Å². The molecule has 2 aromatic carbocycles. The van der Waals surface area contributed by atoms with Crippen molar-refractivity contribution in [2.45, 2.75) is 45.8 Å². The maximum absolute atomic E-state index is 13.1. The molecule has 160 valence electrons. The van der Waals surface area contributed by atoms with E-state index in [4.69, 9.17) is 9.47 Å². The molecule has 2 aromatic rings. The zero-order valence-corrected chi connectivity index (χ0v) is 18.1. The Labute approximate surface area is 178 Å². The average molecular weight is 411 g/mol. The first kappa shape index (κ1) is 21.7. The first-order chi connectivity index (χ1) is 14.4. The Bertz CT molecular complexity index is 888. The molecule has 30 heavy (non-hydrogen) atoms. The number of carbonyl (C=O) groups excluding carboxylic acids is 2. The van der Waals surface area contributed by atoms with Crippen molar-refractivity contribution < 1.29 is 19.1 Å². The lowest BCUT2D eigenvalue weighted by Gasteiger charge is -2.36.